The molecule has 0 fully saturated rings. The number of carboxylic acid groups (broad SMARTS) is 1. The molecule has 3 rings (SSSR count). The number of rotatable bonds is 1. The fourth-order valence-electron chi connectivity index (χ4n) is 2.69. The van der Waals surface area contributed by atoms with Gasteiger partial charge in [0.1, 0.15) is 11.9 Å². The van der Waals surface area contributed by atoms with Crippen LogP contribution in [0, 0.1) is 0 Å². The van der Waals surface area contributed by atoms with E-state index in [2.05, 4.69) is 0 Å². The van der Waals surface area contributed by atoms with E-state index in [1.807, 2.05) is 37.3 Å². The molecule has 0 saturated heterocycles. The number of benzene rings is 2. The summed E-state index contributed by atoms with van der Waals surface area (Å²) in [6.45, 7) is 2.66. The lowest BCUT2D eigenvalue weighted by molar-refractivity contribution is 0.115. The van der Waals surface area contributed by atoms with Crippen LogP contribution in [0.4, 0.5) is 4.79 Å². The molecule has 0 bridgehead atoms. The number of hydrogen-bond acceptors (Lipinski definition) is 2. The van der Waals surface area contributed by atoms with Crippen molar-refractivity contribution >= 4 is 28.5 Å². The quantitative estimate of drug-likeness (QED) is 0.861. The molecule has 110 valence electrons. The average Bonchev–Trinajstić information content (AvgIpc) is 2.67. The van der Waals surface area contributed by atoms with Gasteiger partial charge in [0.2, 0.25) is 0 Å². The Morgan fingerprint density at radius 2 is 2.14 bits per heavy atom. The average molecular weight is 306 g/mol. The summed E-state index contributed by atoms with van der Waals surface area (Å²) in [6.07, 6.45) is -0.332. The highest BCUT2D eigenvalue weighted by Gasteiger charge is 2.26. The Balaban J connectivity index is 2.19. The van der Waals surface area contributed by atoms with E-state index in [0.29, 0.717) is 18.1 Å². The van der Waals surface area contributed by atoms with Gasteiger partial charge in [0, 0.05) is 21.4 Å². The van der Waals surface area contributed by atoms with Gasteiger partial charge in [-0.15, -0.1) is 0 Å². The van der Waals surface area contributed by atoms with Crippen LogP contribution in [-0.4, -0.2) is 28.7 Å². The Kier molecular flexibility index (Phi) is 3.64. The largest absolute Gasteiger partial charge is 0.488 e. The van der Waals surface area contributed by atoms with Crippen molar-refractivity contribution in [2.75, 3.05) is 6.54 Å². The molecular weight excluding hydrogens is 290 g/mol. The lowest BCUT2D eigenvalue weighted by Gasteiger charge is -2.20. The van der Waals surface area contributed by atoms with Crippen LogP contribution < -0.4 is 4.74 Å². The summed E-state index contributed by atoms with van der Waals surface area (Å²) in [6, 6.07) is 9.58. The third-order valence-electron chi connectivity index (χ3n) is 3.82. The number of carbonyl (C=O) groups is 1. The van der Waals surface area contributed by atoms with E-state index >= 15 is 0 Å². The fraction of sp³-hybridized carbons (Fsp3) is 0.312. The lowest BCUT2D eigenvalue weighted by Crippen LogP contribution is -2.35. The standard InChI is InChI=1S/C16H16ClNO3/c1-2-11-9-18(16(19)20)8-10-7-14(17)12-5-3-4-6-13(12)15(10)21-11/h3-7,11H,2,8-9H2,1H3,(H,19,20)/t11-/m1/s1. The zero-order chi connectivity index (χ0) is 15.0. The van der Waals surface area contributed by atoms with E-state index < -0.39 is 6.09 Å². The Morgan fingerprint density at radius 3 is 2.81 bits per heavy atom. The summed E-state index contributed by atoms with van der Waals surface area (Å²) in [7, 11) is 0. The van der Waals surface area contributed by atoms with Gasteiger partial charge in [-0.25, -0.2) is 4.79 Å². The molecule has 1 amide bonds. The Labute approximate surface area is 127 Å². The number of hydrogen-bond donors (Lipinski definition) is 1. The monoisotopic (exact) mass is 305 g/mol. The molecule has 0 unspecified atom stereocenters. The molecule has 5 heteroatoms. The van der Waals surface area contributed by atoms with Crippen LogP contribution in [0.1, 0.15) is 18.9 Å². The highest BCUT2D eigenvalue weighted by molar-refractivity contribution is 6.35. The van der Waals surface area contributed by atoms with Gasteiger partial charge < -0.3 is 14.7 Å². The Hall–Kier alpha value is -1.94. The minimum absolute atomic E-state index is 0.146. The maximum absolute atomic E-state index is 11.4. The lowest BCUT2D eigenvalue weighted by atomic mass is 10.0. The van der Waals surface area contributed by atoms with Gasteiger partial charge in [-0.2, -0.15) is 0 Å². The number of nitrogens with zero attached hydrogens (tertiary/aromatic N) is 1. The SMILES string of the molecule is CC[C@@H]1CN(C(=O)O)Cc2cc(Cl)c3ccccc3c2O1. The van der Waals surface area contributed by atoms with Crippen LogP contribution in [-0.2, 0) is 6.54 Å². The molecule has 1 atom stereocenters. The first-order valence-electron chi connectivity index (χ1n) is 6.94. The van der Waals surface area contributed by atoms with Gasteiger partial charge in [-0.1, -0.05) is 42.8 Å². The van der Waals surface area contributed by atoms with Crippen molar-refractivity contribution in [3.63, 3.8) is 0 Å². The van der Waals surface area contributed by atoms with Crippen LogP contribution in [0.3, 0.4) is 0 Å². The molecule has 2 aromatic rings. The molecule has 21 heavy (non-hydrogen) atoms. The zero-order valence-corrected chi connectivity index (χ0v) is 12.4. The van der Waals surface area contributed by atoms with E-state index in [1.165, 1.54) is 4.90 Å². The molecule has 0 radical (unpaired) electrons. The van der Waals surface area contributed by atoms with Crippen molar-refractivity contribution in [1.29, 1.82) is 0 Å². The molecule has 1 heterocycles. The van der Waals surface area contributed by atoms with Crippen LogP contribution in [0.15, 0.2) is 30.3 Å². The van der Waals surface area contributed by atoms with Crippen molar-refractivity contribution in [3.8, 4) is 5.75 Å². The number of ether oxygens (including phenoxy) is 1. The van der Waals surface area contributed by atoms with E-state index in [9.17, 15) is 9.90 Å². The van der Waals surface area contributed by atoms with E-state index in [-0.39, 0.29) is 6.10 Å². The molecule has 2 aromatic carbocycles. The van der Waals surface area contributed by atoms with Crippen LogP contribution >= 0.6 is 11.6 Å². The predicted molar refractivity (Wildman–Crippen MR) is 82.1 cm³/mol. The minimum Gasteiger partial charge on any atom is -0.488 e. The Bertz CT molecular complexity index is 701. The van der Waals surface area contributed by atoms with Gasteiger partial charge >= 0.3 is 6.09 Å². The van der Waals surface area contributed by atoms with Crippen LogP contribution in [0.25, 0.3) is 10.8 Å². The zero-order valence-electron chi connectivity index (χ0n) is 11.7. The smallest absolute Gasteiger partial charge is 0.407 e. The molecule has 0 spiro atoms. The van der Waals surface area contributed by atoms with Gasteiger partial charge in [0.05, 0.1) is 13.1 Å². The van der Waals surface area contributed by atoms with Crippen molar-refractivity contribution in [2.24, 2.45) is 0 Å². The molecular formula is C16H16ClNO3. The van der Waals surface area contributed by atoms with Crippen LogP contribution in [0.2, 0.25) is 5.02 Å². The molecule has 0 aromatic heterocycles. The second-order valence-corrected chi connectivity index (χ2v) is 5.61. The van der Waals surface area contributed by atoms with Gasteiger partial charge in [0.25, 0.3) is 0 Å². The van der Waals surface area contributed by atoms with Crippen molar-refractivity contribution in [3.05, 3.63) is 40.9 Å². The summed E-state index contributed by atoms with van der Waals surface area (Å²) in [4.78, 5) is 12.7. The second kappa shape index (κ2) is 5.45. The Morgan fingerprint density at radius 1 is 1.43 bits per heavy atom. The molecule has 1 N–H and O–H groups in total. The van der Waals surface area contributed by atoms with E-state index in [4.69, 9.17) is 16.3 Å². The maximum atomic E-state index is 11.4. The summed E-state index contributed by atoms with van der Waals surface area (Å²) in [5.41, 5.74) is 0.817. The van der Waals surface area contributed by atoms with Crippen molar-refractivity contribution in [1.82, 2.24) is 4.90 Å². The number of fused-ring (bicyclic) bond motifs is 3. The topological polar surface area (TPSA) is 49.8 Å². The predicted octanol–water partition coefficient (Wildman–Crippen LogP) is 4.14. The number of amides is 1. The normalized spacial score (nSPS) is 18.0. The fourth-order valence-corrected chi connectivity index (χ4v) is 2.99. The molecule has 1 aliphatic heterocycles. The highest BCUT2D eigenvalue weighted by Crippen LogP contribution is 2.38. The molecule has 0 saturated carbocycles. The second-order valence-electron chi connectivity index (χ2n) is 5.20. The highest BCUT2D eigenvalue weighted by atomic mass is 35.5. The first-order valence-corrected chi connectivity index (χ1v) is 7.32. The summed E-state index contributed by atoms with van der Waals surface area (Å²) >= 11 is 6.32. The van der Waals surface area contributed by atoms with Gasteiger partial charge in [0.15, 0.2) is 0 Å². The van der Waals surface area contributed by atoms with Gasteiger partial charge in [-0.05, 0) is 12.5 Å². The summed E-state index contributed by atoms with van der Waals surface area (Å²) in [5, 5.41) is 11.8. The first kappa shape index (κ1) is 14.0. The molecule has 1 aliphatic rings. The minimum atomic E-state index is -0.936. The molecule has 0 aliphatic carbocycles. The van der Waals surface area contributed by atoms with Crippen LogP contribution in [0.5, 0.6) is 5.75 Å². The number of halogens is 1. The summed E-state index contributed by atoms with van der Waals surface area (Å²) in [5.74, 6) is 0.755. The van der Waals surface area contributed by atoms with Crippen molar-refractivity contribution < 1.29 is 14.6 Å². The van der Waals surface area contributed by atoms with Gasteiger partial charge in [-0.3, -0.25) is 0 Å². The maximum Gasteiger partial charge on any atom is 0.407 e. The third kappa shape index (κ3) is 2.51. The summed E-state index contributed by atoms with van der Waals surface area (Å²) < 4.78 is 6.09. The molecule has 4 nitrogen and oxygen atoms in total. The third-order valence-corrected chi connectivity index (χ3v) is 4.13. The van der Waals surface area contributed by atoms with E-state index in [0.717, 1.165) is 28.5 Å². The van der Waals surface area contributed by atoms with E-state index in [1.54, 1.807) is 0 Å². The van der Waals surface area contributed by atoms with Crippen molar-refractivity contribution in [2.45, 2.75) is 26.0 Å². The first-order chi connectivity index (χ1) is 10.1.